The van der Waals surface area contributed by atoms with Crippen molar-refractivity contribution < 1.29 is 110 Å². The van der Waals surface area contributed by atoms with Gasteiger partial charge in [0.25, 0.3) is 0 Å². The summed E-state index contributed by atoms with van der Waals surface area (Å²) in [5.74, 6) is -42.5. The van der Waals surface area contributed by atoms with Crippen molar-refractivity contribution in [1.29, 1.82) is 0 Å². The van der Waals surface area contributed by atoms with Gasteiger partial charge in [0, 0.05) is 96.4 Å². The Labute approximate surface area is 461 Å². The van der Waals surface area contributed by atoms with E-state index in [0.29, 0.717) is 0 Å². The maximum Gasteiger partial charge on any atom is 0.204 e. The van der Waals surface area contributed by atoms with Crippen molar-refractivity contribution in [3.63, 3.8) is 0 Å². The number of aliphatic hydroxyl groups excluding tert-OH is 4. The van der Waals surface area contributed by atoms with E-state index in [1.807, 2.05) is 0 Å². The zero-order valence-electron chi connectivity index (χ0n) is 42.5. The summed E-state index contributed by atoms with van der Waals surface area (Å²) in [6.07, 6.45) is 1.74. The SMILES string of the molecule is OCCCOc1c(F)c(F)c(-c2c3nc(c(-c4c(F)c(F)c(OCCCO)c(F)c4F)c4ccc([nH]4)c(-c4c(F)c(F)c(OCCCO)c(F)c4F)c4nc(c(-c5c(F)c(F)c(OCCCO)c(F)c5F)c5ccc2[nH]5)C=C4)C=C3)c(F)c1F. The third-order valence-corrected chi connectivity index (χ3v) is 12.8. The molecule has 0 radical (unpaired) electrons. The number of hydrogen-bond donors (Lipinski definition) is 6. The van der Waals surface area contributed by atoms with E-state index in [4.69, 9.17) is 18.9 Å². The first-order valence-corrected chi connectivity index (χ1v) is 24.8. The maximum atomic E-state index is 16.7. The molecule has 7 aromatic rings. The van der Waals surface area contributed by atoms with Crippen molar-refractivity contribution in [2.45, 2.75) is 25.7 Å². The van der Waals surface area contributed by atoms with Gasteiger partial charge in [-0.3, -0.25) is 0 Å². The predicted molar refractivity (Wildman–Crippen MR) is 269 cm³/mol. The van der Waals surface area contributed by atoms with Crippen LogP contribution < -0.4 is 18.9 Å². The van der Waals surface area contributed by atoms with Crippen molar-refractivity contribution in [3.8, 4) is 67.5 Å². The fourth-order valence-corrected chi connectivity index (χ4v) is 9.04. The number of hydrogen-bond acceptors (Lipinski definition) is 10. The van der Waals surface area contributed by atoms with Crippen LogP contribution in [0.15, 0.2) is 24.3 Å². The van der Waals surface area contributed by atoms with Gasteiger partial charge in [0.05, 0.1) is 71.5 Å². The van der Waals surface area contributed by atoms with Crippen molar-refractivity contribution in [1.82, 2.24) is 19.9 Å². The Morgan fingerprint density at radius 3 is 0.619 bits per heavy atom. The summed E-state index contributed by atoms with van der Waals surface area (Å²) < 4.78 is 282. The Kier molecular flexibility index (Phi) is 17.6. The summed E-state index contributed by atoms with van der Waals surface area (Å²) >= 11 is 0. The molecule has 0 saturated carbocycles. The van der Waals surface area contributed by atoms with E-state index in [1.165, 1.54) is 0 Å². The van der Waals surface area contributed by atoms with Crippen LogP contribution in [-0.2, 0) is 0 Å². The highest BCUT2D eigenvalue weighted by molar-refractivity contribution is 6.00. The van der Waals surface area contributed by atoms with E-state index in [0.717, 1.165) is 48.6 Å². The second kappa shape index (κ2) is 24.7. The zero-order chi connectivity index (χ0) is 60.6. The molecule has 0 spiro atoms. The van der Waals surface area contributed by atoms with Gasteiger partial charge in [-0.1, -0.05) is 0 Å². The summed E-state index contributed by atoms with van der Waals surface area (Å²) in [7, 11) is 0. The molecule has 9 rings (SSSR count). The standard InChI is InChI=1S/C56H38F16N4O8/c57-37-33(38(58)46(66)53(45(37)65)81-17-1-13-77)29-21-5-7-23(73-21)30(34-39(59)47(67)54(48(68)40(34)60)82-18-2-14-78)25-9-11-27(75-25)32(36-43(63)51(71)56(52(72)44(36)64)84-20-4-16-80)28-12-10-26(76-28)31(24-8-6-22(29)74-24)35-41(61)49(69)55(50(70)42(35)62)83-19-3-15-79/h5-12,73,76-80H,1-4,13-20H2. The largest absolute Gasteiger partial charge is 0.487 e. The Morgan fingerprint density at radius 2 is 0.452 bits per heavy atom. The normalized spacial score (nSPS) is 12.0. The number of nitrogens with one attached hydrogen (secondary N) is 2. The number of halogens is 16. The van der Waals surface area contributed by atoms with Crippen LogP contribution >= 0.6 is 0 Å². The van der Waals surface area contributed by atoms with Crippen LogP contribution in [0.3, 0.4) is 0 Å². The van der Waals surface area contributed by atoms with Gasteiger partial charge in [-0.15, -0.1) is 0 Å². The Morgan fingerprint density at radius 1 is 0.274 bits per heavy atom. The van der Waals surface area contributed by atoms with Gasteiger partial charge in [-0.05, 0) is 48.6 Å². The molecule has 84 heavy (non-hydrogen) atoms. The summed E-state index contributed by atoms with van der Waals surface area (Å²) in [5, 5.41) is 36.8. The van der Waals surface area contributed by atoms with E-state index >= 15 is 70.2 Å². The number of rotatable bonds is 20. The fraction of sp³-hybridized carbons (Fsp3) is 0.214. The number of aliphatic hydroxyl groups is 4. The predicted octanol–water partition coefficient (Wildman–Crippen LogP) is 12.6. The minimum absolute atomic E-state index is 0.311. The molecule has 0 aliphatic carbocycles. The molecule has 0 saturated heterocycles. The highest BCUT2D eigenvalue weighted by Gasteiger charge is 2.36. The highest BCUT2D eigenvalue weighted by Crippen LogP contribution is 2.47. The van der Waals surface area contributed by atoms with Gasteiger partial charge in [-0.25, -0.2) is 45.1 Å². The first kappa shape index (κ1) is 60.0. The maximum absolute atomic E-state index is 16.7. The third kappa shape index (κ3) is 10.5. The molecular weight excluding hydrogens is 1160 g/mol. The Balaban J connectivity index is 1.52. The molecule has 8 bridgehead atoms. The van der Waals surface area contributed by atoms with Crippen LogP contribution in [0, 0.1) is 93.1 Å². The average Bonchev–Trinajstić information content (AvgIpc) is 2.73. The molecule has 3 aromatic heterocycles. The van der Waals surface area contributed by atoms with E-state index < -0.39 is 258 Å². The molecule has 6 N–H and O–H groups in total. The summed E-state index contributed by atoms with van der Waals surface area (Å²) in [4.78, 5) is 13.3. The van der Waals surface area contributed by atoms with E-state index in [1.54, 1.807) is 0 Å². The van der Waals surface area contributed by atoms with Crippen molar-refractivity contribution in [2.24, 2.45) is 0 Å². The van der Waals surface area contributed by atoms with Gasteiger partial charge in [0.1, 0.15) is 0 Å². The molecule has 4 aromatic carbocycles. The lowest BCUT2D eigenvalue weighted by Gasteiger charge is -2.15. The third-order valence-electron chi connectivity index (χ3n) is 12.8. The highest BCUT2D eigenvalue weighted by atomic mass is 19.2. The zero-order valence-corrected chi connectivity index (χ0v) is 42.5. The van der Waals surface area contributed by atoms with Crippen LogP contribution in [0.2, 0.25) is 0 Å². The molecule has 442 valence electrons. The van der Waals surface area contributed by atoms with E-state index in [2.05, 4.69) is 19.9 Å². The summed E-state index contributed by atoms with van der Waals surface area (Å²) in [6.45, 7) is -5.31. The minimum Gasteiger partial charge on any atom is -0.487 e. The molecule has 0 fully saturated rings. The molecule has 2 aliphatic rings. The van der Waals surface area contributed by atoms with Crippen LogP contribution in [-0.4, -0.2) is 93.2 Å². The topological polar surface area (TPSA) is 175 Å². The molecule has 5 heterocycles. The quantitative estimate of drug-likeness (QED) is 0.0245. The number of nitrogens with zero attached hydrogens (tertiary/aromatic N) is 2. The van der Waals surface area contributed by atoms with Crippen LogP contribution in [0.4, 0.5) is 70.2 Å². The lowest BCUT2D eigenvalue weighted by Crippen LogP contribution is -2.09. The van der Waals surface area contributed by atoms with E-state index in [-0.39, 0.29) is 25.7 Å². The first-order chi connectivity index (χ1) is 40.2. The number of aromatic amines is 2. The monoisotopic (exact) mass is 1200 g/mol. The van der Waals surface area contributed by atoms with Crippen LogP contribution in [0.5, 0.6) is 23.0 Å². The van der Waals surface area contributed by atoms with Gasteiger partial charge in [-0.2, -0.15) is 35.1 Å². The summed E-state index contributed by atoms with van der Waals surface area (Å²) in [6, 6.07) is 3.09. The van der Waals surface area contributed by atoms with Crippen molar-refractivity contribution in [2.75, 3.05) is 52.9 Å². The van der Waals surface area contributed by atoms with Crippen LogP contribution in [0.25, 0.3) is 90.9 Å². The average molecular weight is 1200 g/mol. The Hall–Kier alpha value is -8.60. The van der Waals surface area contributed by atoms with Gasteiger partial charge in [0.2, 0.25) is 46.5 Å². The van der Waals surface area contributed by atoms with Crippen molar-refractivity contribution >= 4 is 46.4 Å². The fourth-order valence-electron chi connectivity index (χ4n) is 9.04. The molecule has 12 nitrogen and oxygen atoms in total. The molecule has 0 atom stereocenters. The molecule has 2 aliphatic heterocycles. The molecule has 0 amide bonds. The number of aromatic nitrogens is 4. The van der Waals surface area contributed by atoms with Crippen LogP contribution in [0.1, 0.15) is 48.5 Å². The van der Waals surface area contributed by atoms with E-state index in [9.17, 15) is 20.4 Å². The number of ether oxygens (including phenoxy) is 4. The minimum atomic E-state index is -2.26. The number of benzene rings is 4. The lowest BCUT2D eigenvalue weighted by atomic mass is 10.0. The van der Waals surface area contributed by atoms with Crippen molar-refractivity contribution in [3.05, 3.63) is 140 Å². The molecule has 28 heteroatoms. The summed E-state index contributed by atoms with van der Waals surface area (Å²) in [5.41, 5.74) is -18.0. The molecule has 0 unspecified atom stereocenters. The lowest BCUT2D eigenvalue weighted by molar-refractivity contribution is 0.218. The number of fused-ring (bicyclic) bond motifs is 8. The number of H-pyrrole nitrogens is 2. The van der Waals surface area contributed by atoms with Gasteiger partial charge in [0.15, 0.2) is 69.5 Å². The second-order valence-electron chi connectivity index (χ2n) is 18.0. The van der Waals surface area contributed by atoms with Gasteiger partial charge >= 0.3 is 0 Å². The second-order valence-corrected chi connectivity index (χ2v) is 18.0. The Bertz CT molecular complexity index is 3420. The first-order valence-electron chi connectivity index (χ1n) is 24.8. The van der Waals surface area contributed by atoms with Gasteiger partial charge < -0.3 is 49.3 Å². The smallest absolute Gasteiger partial charge is 0.204 e. The molecular formula is C56H38F16N4O8.